The molecule has 10 nitrogen and oxygen atoms in total. The van der Waals surface area contributed by atoms with E-state index < -0.39 is 15.9 Å². The van der Waals surface area contributed by atoms with Crippen molar-refractivity contribution in [2.24, 2.45) is 5.10 Å². The van der Waals surface area contributed by atoms with Crippen molar-refractivity contribution >= 4 is 45.3 Å². The number of benzene rings is 3. The minimum absolute atomic E-state index is 0.0568. The molecule has 41 heavy (non-hydrogen) atoms. The highest BCUT2D eigenvalue weighted by Crippen LogP contribution is 2.24. The third kappa shape index (κ3) is 9.04. The normalized spacial score (nSPS) is 15.0. The molecule has 0 saturated carbocycles. The van der Waals surface area contributed by atoms with Gasteiger partial charge in [-0.25, -0.2) is 13.8 Å². The topological polar surface area (TPSA) is 126 Å². The Labute approximate surface area is 244 Å². The zero-order chi connectivity index (χ0) is 29.2. The summed E-state index contributed by atoms with van der Waals surface area (Å²) >= 11 is 6.22. The molecule has 1 aliphatic rings. The van der Waals surface area contributed by atoms with E-state index in [4.69, 9.17) is 21.1 Å². The van der Waals surface area contributed by atoms with Crippen molar-refractivity contribution in [3.63, 3.8) is 0 Å². The van der Waals surface area contributed by atoms with Gasteiger partial charge in [0.25, 0.3) is 11.8 Å². The fourth-order valence-electron chi connectivity index (χ4n) is 4.07. The molecule has 2 N–H and O–H groups in total. The van der Waals surface area contributed by atoms with E-state index in [9.17, 15) is 18.0 Å². The number of carbonyl (C=O) groups is 2. The smallest absolute Gasteiger partial charge is 0.271 e. The highest BCUT2D eigenvalue weighted by Gasteiger charge is 2.20. The number of hydrogen-bond acceptors (Lipinski definition) is 7. The van der Waals surface area contributed by atoms with Gasteiger partial charge in [0.1, 0.15) is 5.75 Å². The Bertz CT molecular complexity index is 1470. The second kappa shape index (κ2) is 14.1. The molecule has 3 aromatic rings. The summed E-state index contributed by atoms with van der Waals surface area (Å²) in [4.78, 5) is 24.5. The molecule has 1 aliphatic heterocycles. The fourth-order valence-corrected chi connectivity index (χ4v) is 5.15. The maximum atomic E-state index is 12.5. The molecule has 1 atom stereocenters. The largest absolute Gasteiger partial charge is 0.484 e. The van der Waals surface area contributed by atoms with E-state index in [2.05, 4.69) is 15.8 Å². The molecule has 1 heterocycles. The van der Waals surface area contributed by atoms with Gasteiger partial charge in [-0.15, -0.1) is 0 Å². The molecule has 216 valence electrons. The predicted octanol–water partition coefficient (Wildman–Crippen LogP) is 3.74. The summed E-state index contributed by atoms with van der Waals surface area (Å²) < 4.78 is 37.1. The summed E-state index contributed by atoms with van der Waals surface area (Å²) in [6.07, 6.45) is 4.63. The lowest BCUT2D eigenvalue weighted by Crippen LogP contribution is -2.35. The van der Waals surface area contributed by atoms with Gasteiger partial charge in [0.05, 0.1) is 30.8 Å². The Hall–Kier alpha value is -3.93. The van der Waals surface area contributed by atoms with E-state index in [1.54, 1.807) is 60.7 Å². The van der Waals surface area contributed by atoms with Crippen molar-refractivity contribution in [2.75, 3.05) is 30.3 Å². The van der Waals surface area contributed by atoms with E-state index in [1.165, 1.54) is 22.7 Å². The molecule has 3 aromatic carbocycles. The van der Waals surface area contributed by atoms with Crippen LogP contribution in [0.25, 0.3) is 0 Å². The zero-order valence-corrected chi connectivity index (χ0v) is 24.0. The average Bonchev–Trinajstić information content (AvgIpc) is 3.48. The summed E-state index contributed by atoms with van der Waals surface area (Å²) in [5.74, 6) is -0.151. The number of sulfonamides is 1. The number of hydrazone groups is 1. The van der Waals surface area contributed by atoms with E-state index in [0.29, 0.717) is 39.7 Å². The van der Waals surface area contributed by atoms with Crippen LogP contribution in [0.2, 0.25) is 5.02 Å². The van der Waals surface area contributed by atoms with E-state index in [0.717, 1.165) is 25.7 Å². The summed E-state index contributed by atoms with van der Waals surface area (Å²) in [6, 6.07) is 20.0. The summed E-state index contributed by atoms with van der Waals surface area (Å²) in [6.45, 7) is 1.18. The fraction of sp³-hybridized carbons (Fsp3) is 0.276. The summed E-state index contributed by atoms with van der Waals surface area (Å²) in [7, 11) is -3.61. The standard InChI is InChI=1S/C29H31ClN4O6S/c1-41(37,38)34(19-23-5-2-3-7-27(23)30)24-12-10-22(11-13-24)29(36)33-32-17-21-8-14-25(15-9-21)40-20-28(35)31-18-26-6-4-16-39-26/h2-3,5,7-15,17,26H,4,6,16,18-20H2,1H3,(H,31,35)(H,33,36)/b32-17+. The van der Waals surface area contributed by atoms with Gasteiger partial charge in [-0.2, -0.15) is 5.10 Å². The number of hydrogen-bond donors (Lipinski definition) is 2. The Kier molecular flexibility index (Phi) is 10.3. The molecular formula is C29H31ClN4O6S. The number of carbonyl (C=O) groups excluding carboxylic acids is 2. The van der Waals surface area contributed by atoms with Crippen LogP contribution in [0.4, 0.5) is 5.69 Å². The van der Waals surface area contributed by atoms with Gasteiger partial charge in [0, 0.05) is 23.7 Å². The van der Waals surface area contributed by atoms with Crippen molar-refractivity contribution in [3.8, 4) is 5.75 Å². The first-order valence-corrected chi connectivity index (χ1v) is 15.2. The molecule has 0 bridgehead atoms. The molecule has 1 fully saturated rings. The number of amides is 2. The SMILES string of the molecule is CS(=O)(=O)N(Cc1ccccc1Cl)c1ccc(C(=O)N/N=C/c2ccc(OCC(=O)NCC3CCCO3)cc2)cc1. The first kappa shape index (κ1) is 30.0. The molecule has 2 amide bonds. The van der Waals surface area contributed by atoms with Gasteiger partial charge < -0.3 is 14.8 Å². The number of ether oxygens (including phenoxy) is 2. The molecule has 0 aliphatic carbocycles. The highest BCUT2D eigenvalue weighted by molar-refractivity contribution is 7.92. The number of rotatable bonds is 12. The van der Waals surface area contributed by atoms with Crippen molar-refractivity contribution in [1.29, 1.82) is 0 Å². The maximum Gasteiger partial charge on any atom is 0.271 e. The Morgan fingerprint density at radius 1 is 1.10 bits per heavy atom. The van der Waals surface area contributed by atoms with Crippen molar-refractivity contribution in [1.82, 2.24) is 10.7 Å². The van der Waals surface area contributed by atoms with Gasteiger partial charge >= 0.3 is 0 Å². The minimum atomic E-state index is -3.61. The Balaban J connectivity index is 1.27. The Morgan fingerprint density at radius 3 is 2.49 bits per heavy atom. The molecule has 0 radical (unpaired) electrons. The average molecular weight is 599 g/mol. The van der Waals surface area contributed by atoms with Gasteiger partial charge in [0.15, 0.2) is 6.61 Å². The Morgan fingerprint density at radius 2 is 1.83 bits per heavy atom. The first-order chi connectivity index (χ1) is 19.7. The second-order valence-corrected chi connectivity index (χ2v) is 11.7. The maximum absolute atomic E-state index is 12.5. The highest BCUT2D eigenvalue weighted by atomic mass is 35.5. The van der Waals surface area contributed by atoms with Gasteiger partial charge in [0.2, 0.25) is 10.0 Å². The van der Waals surface area contributed by atoms with Gasteiger partial charge in [-0.3, -0.25) is 13.9 Å². The molecule has 1 saturated heterocycles. The molecule has 4 rings (SSSR count). The zero-order valence-electron chi connectivity index (χ0n) is 22.5. The van der Waals surface area contributed by atoms with E-state index in [1.807, 2.05) is 0 Å². The molecule has 12 heteroatoms. The monoisotopic (exact) mass is 598 g/mol. The lowest BCUT2D eigenvalue weighted by atomic mass is 10.2. The van der Waals surface area contributed by atoms with Gasteiger partial charge in [-0.05, 0) is 78.6 Å². The number of anilines is 1. The van der Waals surface area contributed by atoms with E-state index in [-0.39, 0.29) is 25.2 Å². The summed E-state index contributed by atoms with van der Waals surface area (Å²) in [5.41, 5.74) is 4.52. The van der Waals surface area contributed by atoms with E-state index >= 15 is 0 Å². The van der Waals surface area contributed by atoms with Crippen molar-refractivity contribution < 1.29 is 27.5 Å². The number of nitrogens with one attached hydrogen (secondary N) is 2. The van der Waals surface area contributed by atoms with Crippen LogP contribution < -0.4 is 19.8 Å². The van der Waals surface area contributed by atoms with Gasteiger partial charge in [-0.1, -0.05) is 29.8 Å². The van der Waals surface area contributed by atoms with Crippen LogP contribution in [0.5, 0.6) is 5.75 Å². The second-order valence-electron chi connectivity index (χ2n) is 9.40. The third-order valence-corrected chi connectivity index (χ3v) is 7.78. The number of nitrogens with zero attached hydrogens (tertiary/aromatic N) is 2. The molecular weight excluding hydrogens is 568 g/mol. The van der Waals surface area contributed by atoms with Crippen LogP contribution in [0.3, 0.4) is 0 Å². The molecule has 0 aromatic heterocycles. The first-order valence-electron chi connectivity index (χ1n) is 12.9. The molecule has 0 spiro atoms. The quantitative estimate of drug-likeness (QED) is 0.242. The molecule has 1 unspecified atom stereocenters. The van der Waals surface area contributed by atoms with Crippen LogP contribution in [-0.4, -0.2) is 58.6 Å². The third-order valence-electron chi connectivity index (χ3n) is 6.27. The lowest BCUT2D eigenvalue weighted by Gasteiger charge is -2.23. The summed E-state index contributed by atoms with van der Waals surface area (Å²) in [5, 5.41) is 7.25. The van der Waals surface area contributed by atoms with Crippen LogP contribution in [0, 0.1) is 0 Å². The predicted molar refractivity (Wildman–Crippen MR) is 158 cm³/mol. The number of halogens is 1. The van der Waals surface area contributed by atoms with Crippen LogP contribution in [0.15, 0.2) is 77.9 Å². The van der Waals surface area contributed by atoms with Crippen LogP contribution >= 0.6 is 11.6 Å². The lowest BCUT2D eigenvalue weighted by molar-refractivity contribution is -0.123. The van der Waals surface area contributed by atoms with Crippen molar-refractivity contribution in [2.45, 2.75) is 25.5 Å². The van der Waals surface area contributed by atoms with Crippen LogP contribution in [0.1, 0.15) is 34.3 Å². The van der Waals surface area contributed by atoms with Crippen LogP contribution in [-0.2, 0) is 26.1 Å². The van der Waals surface area contributed by atoms with Crippen molar-refractivity contribution in [3.05, 3.63) is 94.5 Å². The minimum Gasteiger partial charge on any atom is -0.484 e.